The van der Waals surface area contributed by atoms with Gasteiger partial charge in [0.25, 0.3) is 5.91 Å². The fourth-order valence-electron chi connectivity index (χ4n) is 3.00. The van der Waals surface area contributed by atoms with Gasteiger partial charge < -0.3 is 10.4 Å². The van der Waals surface area contributed by atoms with E-state index >= 15 is 0 Å². The van der Waals surface area contributed by atoms with E-state index in [4.69, 9.17) is 5.11 Å². The molecule has 1 saturated carbocycles. The van der Waals surface area contributed by atoms with Crippen molar-refractivity contribution in [2.75, 3.05) is 6.61 Å². The van der Waals surface area contributed by atoms with Gasteiger partial charge in [0, 0.05) is 30.6 Å². The molecule has 1 aliphatic carbocycles. The highest BCUT2D eigenvalue weighted by Crippen LogP contribution is 2.24. The highest BCUT2D eigenvalue weighted by atomic mass is 19.1. The molecule has 5 nitrogen and oxygen atoms in total. The molecule has 0 atom stereocenters. The van der Waals surface area contributed by atoms with Crippen molar-refractivity contribution in [1.29, 1.82) is 0 Å². The van der Waals surface area contributed by atoms with Crippen LogP contribution in [0.5, 0.6) is 0 Å². The van der Waals surface area contributed by atoms with Crippen molar-refractivity contribution in [1.82, 2.24) is 15.1 Å². The molecule has 0 aliphatic heterocycles. The zero-order chi connectivity index (χ0) is 16.2. The van der Waals surface area contributed by atoms with Crippen LogP contribution in [0.2, 0.25) is 0 Å². The number of hydrogen-bond acceptors (Lipinski definition) is 3. The van der Waals surface area contributed by atoms with Gasteiger partial charge in [-0.05, 0) is 55.9 Å². The van der Waals surface area contributed by atoms with Gasteiger partial charge in [0.05, 0.1) is 0 Å². The standard InChI is InChI=1S/C17H20FN3O2/c18-15-10-13(4-7-16(15)21-9-1-8-19-21)17(23)20-14-5-2-12(11-22)3-6-14/h1,4,7-10,12,14,22H,2-3,5-6,11H2,(H,20,23). The van der Waals surface area contributed by atoms with E-state index in [0.29, 0.717) is 17.2 Å². The Morgan fingerprint density at radius 2 is 2.13 bits per heavy atom. The van der Waals surface area contributed by atoms with Gasteiger partial charge in [-0.25, -0.2) is 9.07 Å². The van der Waals surface area contributed by atoms with Crippen molar-refractivity contribution in [3.8, 4) is 5.69 Å². The lowest BCUT2D eigenvalue weighted by Crippen LogP contribution is -2.38. The van der Waals surface area contributed by atoms with Crippen LogP contribution in [0, 0.1) is 11.7 Å². The highest BCUT2D eigenvalue weighted by molar-refractivity contribution is 5.94. The molecule has 0 saturated heterocycles. The van der Waals surface area contributed by atoms with Crippen molar-refractivity contribution in [2.24, 2.45) is 5.92 Å². The molecule has 0 spiro atoms. The van der Waals surface area contributed by atoms with Gasteiger partial charge in [-0.15, -0.1) is 0 Å². The Balaban J connectivity index is 1.65. The third kappa shape index (κ3) is 3.59. The van der Waals surface area contributed by atoms with Crippen LogP contribution in [0.25, 0.3) is 5.69 Å². The second-order valence-electron chi connectivity index (χ2n) is 5.99. The summed E-state index contributed by atoms with van der Waals surface area (Å²) < 4.78 is 15.6. The summed E-state index contributed by atoms with van der Waals surface area (Å²) >= 11 is 0. The molecule has 6 heteroatoms. The summed E-state index contributed by atoms with van der Waals surface area (Å²) in [5.41, 5.74) is 0.623. The van der Waals surface area contributed by atoms with Gasteiger partial charge in [-0.1, -0.05) is 0 Å². The van der Waals surface area contributed by atoms with Crippen molar-refractivity contribution in [2.45, 2.75) is 31.7 Å². The number of nitrogens with one attached hydrogen (secondary N) is 1. The summed E-state index contributed by atoms with van der Waals surface area (Å²) in [5.74, 6) is -0.400. The molecule has 0 radical (unpaired) electrons. The molecule has 1 aromatic carbocycles. The number of aliphatic hydroxyl groups is 1. The predicted molar refractivity (Wildman–Crippen MR) is 83.8 cm³/mol. The van der Waals surface area contributed by atoms with Crippen LogP contribution in [0.15, 0.2) is 36.7 Å². The lowest BCUT2D eigenvalue weighted by molar-refractivity contribution is 0.0913. The Labute approximate surface area is 134 Å². The number of carbonyl (C=O) groups is 1. The van der Waals surface area contributed by atoms with Crippen molar-refractivity contribution >= 4 is 5.91 Å². The van der Waals surface area contributed by atoms with E-state index in [-0.39, 0.29) is 18.6 Å². The second-order valence-corrected chi connectivity index (χ2v) is 5.99. The first-order valence-electron chi connectivity index (χ1n) is 7.88. The predicted octanol–water partition coefficient (Wildman–Crippen LogP) is 2.29. The van der Waals surface area contributed by atoms with Gasteiger partial charge in [0.15, 0.2) is 0 Å². The first-order valence-corrected chi connectivity index (χ1v) is 7.88. The van der Waals surface area contributed by atoms with E-state index in [2.05, 4.69) is 10.4 Å². The largest absolute Gasteiger partial charge is 0.396 e. The smallest absolute Gasteiger partial charge is 0.251 e. The quantitative estimate of drug-likeness (QED) is 0.909. The Hall–Kier alpha value is -2.21. The normalized spacial score (nSPS) is 21.1. The number of aliphatic hydroxyl groups excluding tert-OH is 1. The average molecular weight is 317 g/mol. The molecule has 1 amide bonds. The van der Waals surface area contributed by atoms with Crippen molar-refractivity contribution in [3.63, 3.8) is 0 Å². The molecule has 2 N–H and O–H groups in total. The lowest BCUT2D eigenvalue weighted by Gasteiger charge is -2.28. The van der Waals surface area contributed by atoms with Crippen LogP contribution >= 0.6 is 0 Å². The third-order valence-corrected chi connectivity index (χ3v) is 4.40. The van der Waals surface area contributed by atoms with Crippen LogP contribution in [-0.4, -0.2) is 33.4 Å². The van der Waals surface area contributed by atoms with Crippen LogP contribution in [0.4, 0.5) is 4.39 Å². The first kappa shape index (κ1) is 15.7. The fourth-order valence-corrected chi connectivity index (χ4v) is 3.00. The minimum absolute atomic E-state index is 0.0964. The summed E-state index contributed by atoms with van der Waals surface area (Å²) in [6.07, 6.45) is 6.75. The summed E-state index contributed by atoms with van der Waals surface area (Å²) in [6.45, 7) is 0.209. The molecule has 0 unspecified atom stereocenters. The van der Waals surface area contributed by atoms with Crippen LogP contribution < -0.4 is 5.32 Å². The number of halogens is 1. The zero-order valence-electron chi connectivity index (χ0n) is 12.8. The number of benzene rings is 1. The molecule has 0 bridgehead atoms. The van der Waals surface area contributed by atoms with Crippen LogP contribution in [-0.2, 0) is 0 Å². The minimum Gasteiger partial charge on any atom is -0.396 e. The maximum Gasteiger partial charge on any atom is 0.251 e. The minimum atomic E-state index is -0.481. The van der Waals surface area contributed by atoms with Gasteiger partial charge in [-0.2, -0.15) is 5.10 Å². The van der Waals surface area contributed by atoms with E-state index in [1.165, 1.54) is 10.7 Å². The monoisotopic (exact) mass is 317 g/mol. The van der Waals surface area contributed by atoms with Crippen molar-refractivity contribution < 1.29 is 14.3 Å². The average Bonchev–Trinajstić information content (AvgIpc) is 3.09. The number of amides is 1. The van der Waals surface area contributed by atoms with E-state index in [1.807, 2.05) is 0 Å². The molecule has 3 rings (SSSR count). The Morgan fingerprint density at radius 3 is 2.74 bits per heavy atom. The van der Waals surface area contributed by atoms with Gasteiger partial charge in [0.1, 0.15) is 11.5 Å². The van der Waals surface area contributed by atoms with E-state index in [1.54, 1.807) is 30.6 Å². The summed E-state index contributed by atoms with van der Waals surface area (Å²) in [4.78, 5) is 12.3. The number of nitrogens with zero attached hydrogens (tertiary/aromatic N) is 2. The lowest BCUT2D eigenvalue weighted by atomic mass is 9.86. The second kappa shape index (κ2) is 6.91. The summed E-state index contributed by atoms with van der Waals surface area (Å²) in [7, 11) is 0. The summed E-state index contributed by atoms with van der Waals surface area (Å²) in [6, 6.07) is 6.21. The molecule has 1 aromatic heterocycles. The highest BCUT2D eigenvalue weighted by Gasteiger charge is 2.22. The maximum atomic E-state index is 14.2. The molecule has 2 aromatic rings. The van der Waals surface area contributed by atoms with Gasteiger partial charge >= 0.3 is 0 Å². The maximum absolute atomic E-state index is 14.2. The van der Waals surface area contributed by atoms with Crippen LogP contribution in [0.3, 0.4) is 0 Å². The third-order valence-electron chi connectivity index (χ3n) is 4.40. The van der Waals surface area contributed by atoms with Gasteiger partial charge in [0.2, 0.25) is 0 Å². The number of hydrogen-bond donors (Lipinski definition) is 2. The molecule has 1 fully saturated rings. The Morgan fingerprint density at radius 1 is 1.35 bits per heavy atom. The number of aromatic nitrogens is 2. The molecule has 1 heterocycles. The first-order chi connectivity index (χ1) is 11.2. The Bertz CT molecular complexity index is 664. The van der Waals surface area contributed by atoms with E-state index in [0.717, 1.165) is 25.7 Å². The van der Waals surface area contributed by atoms with E-state index in [9.17, 15) is 9.18 Å². The number of rotatable bonds is 4. The topological polar surface area (TPSA) is 67.2 Å². The van der Waals surface area contributed by atoms with Crippen LogP contribution in [0.1, 0.15) is 36.0 Å². The Kier molecular flexibility index (Phi) is 4.71. The summed E-state index contributed by atoms with van der Waals surface area (Å²) in [5, 5.41) is 16.1. The van der Waals surface area contributed by atoms with Gasteiger partial charge in [-0.3, -0.25) is 4.79 Å². The molecular formula is C17H20FN3O2. The SMILES string of the molecule is O=C(NC1CCC(CO)CC1)c1ccc(-n2cccn2)c(F)c1. The molecule has 1 aliphatic rings. The van der Waals surface area contributed by atoms with E-state index < -0.39 is 5.82 Å². The molecule has 23 heavy (non-hydrogen) atoms. The molecular weight excluding hydrogens is 297 g/mol. The fraction of sp³-hybridized carbons (Fsp3) is 0.412. The molecule has 122 valence electrons. The zero-order valence-corrected chi connectivity index (χ0v) is 12.8. The van der Waals surface area contributed by atoms with Crippen molar-refractivity contribution in [3.05, 3.63) is 48.0 Å². The number of carbonyl (C=O) groups excluding carboxylic acids is 1.